The molecule has 0 fully saturated rings. The second kappa shape index (κ2) is 6.36. The van der Waals surface area contributed by atoms with Crippen molar-refractivity contribution in [2.24, 2.45) is 0 Å². The van der Waals surface area contributed by atoms with Gasteiger partial charge < -0.3 is 14.5 Å². The lowest BCUT2D eigenvalue weighted by molar-refractivity contribution is -0.385. The van der Waals surface area contributed by atoms with Crippen LogP contribution in [-0.4, -0.2) is 23.1 Å². The number of hydrogen-bond acceptors (Lipinski definition) is 6. The third-order valence-electron chi connectivity index (χ3n) is 2.88. The minimum absolute atomic E-state index is 0.103. The summed E-state index contributed by atoms with van der Waals surface area (Å²) in [7, 11) is 1.39. The molecule has 7 heteroatoms. The molecule has 1 aromatic carbocycles. The van der Waals surface area contributed by atoms with Crippen LogP contribution in [0.15, 0.2) is 28.8 Å². The van der Waals surface area contributed by atoms with Gasteiger partial charge in [0, 0.05) is 12.1 Å². The molecule has 0 radical (unpaired) electrons. The highest BCUT2D eigenvalue weighted by atomic mass is 16.6. The smallest absolute Gasteiger partial charge is 0.311 e. The molecule has 7 nitrogen and oxygen atoms in total. The largest absolute Gasteiger partial charge is 0.490 e. The van der Waals surface area contributed by atoms with Crippen LogP contribution in [0.25, 0.3) is 11.3 Å². The maximum Gasteiger partial charge on any atom is 0.311 e. The molecule has 2 aromatic rings. The van der Waals surface area contributed by atoms with E-state index in [-0.39, 0.29) is 11.4 Å². The third kappa shape index (κ3) is 3.38. The number of nitro groups is 1. The van der Waals surface area contributed by atoms with Crippen molar-refractivity contribution < 1.29 is 14.1 Å². The topological polar surface area (TPSA) is 90.4 Å². The second-order valence-electron chi connectivity index (χ2n) is 4.77. The maximum atomic E-state index is 11.0. The summed E-state index contributed by atoms with van der Waals surface area (Å²) < 4.78 is 10.8. The third-order valence-corrected chi connectivity index (χ3v) is 2.88. The molecule has 0 atom stereocenters. The minimum Gasteiger partial charge on any atom is -0.490 e. The summed E-state index contributed by atoms with van der Waals surface area (Å²) in [5.41, 5.74) is 0.406. The van der Waals surface area contributed by atoms with Crippen molar-refractivity contribution in [3.63, 3.8) is 0 Å². The Hall–Kier alpha value is -2.41. The van der Waals surface area contributed by atoms with E-state index < -0.39 is 4.92 Å². The molecule has 0 amide bonds. The van der Waals surface area contributed by atoms with Crippen LogP contribution in [-0.2, 0) is 6.54 Å². The average Bonchev–Trinajstić information content (AvgIpc) is 2.92. The molecule has 0 aliphatic rings. The molecule has 0 spiro atoms. The summed E-state index contributed by atoms with van der Waals surface area (Å²) in [4.78, 5) is 14.7. The summed E-state index contributed by atoms with van der Waals surface area (Å²) in [6, 6.07) is 4.99. The first-order valence-electron chi connectivity index (χ1n) is 6.52. The summed E-state index contributed by atoms with van der Waals surface area (Å²) in [6.07, 6.45) is 1.54. The summed E-state index contributed by atoms with van der Waals surface area (Å²) in [6.45, 7) is 4.54. The number of nitrogens with zero attached hydrogens (tertiary/aromatic N) is 2. The van der Waals surface area contributed by atoms with Gasteiger partial charge in [0.1, 0.15) is 0 Å². The van der Waals surface area contributed by atoms with Gasteiger partial charge in [0.05, 0.1) is 30.3 Å². The number of ether oxygens (including phenoxy) is 1. The molecule has 0 unspecified atom stereocenters. The van der Waals surface area contributed by atoms with Crippen LogP contribution in [0, 0.1) is 10.1 Å². The molecule has 0 aliphatic heterocycles. The SMILES string of the molecule is COc1c(-c2cnc(CNC(C)C)o2)cccc1[N+](=O)[O-]. The van der Waals surface area contributed by atoms with Crippen LogP contribution >= 0.6 is 0 Å². The van der Waals surface area contributed by atoms with Gasteiger partial charge in [-0.3, -0.25) is 10.1 Å². The average molecular weight is 291 g/mol. The fourth-order valence-electron chi connectivity index (χ4n) is 1.89. The van der Waals surface area contributed by atoms with E-state index in [1.807, 2.05) is 13.8 Å². The second-order valence-corrected chi connectivity index (χ2v) is 4.77. The monoisotopic (exact) mass is 291 g/mol. The predicted molar refractivity (Wildman–Crippen MR) is 77.1 cm³/mol. The molecule has 0 saturated carbocycles. The maximum absolute atomic E-state index is 11.0. The molecular formula is C14H17N3O4. The molecule has 21 heavy (non-hydrogen) atoms. The van der Waals surface area contributed by atoms with Gasteiger partial charge in [-0.2, -0.15) is 0 Å². The van der Waals surface area contributed by atoms with Gasteiger partial charge in [-0.15, -0.1) is 0 Å². The van der Waals surface area contributed by atoms with Gasteiger partial charge in [-0.25, -0.2) is 4.98 Å². The lowest BCUT2D eigenvalue weighted by Crippen LogP contribution is -2.21. The number of oxazole rings is 1. The van der Waals surface area contributed by atoms with E-state index in [0.29, 0.717) is 29.8 Å². The van der Waals surface area contributed by atoms with E-state index in [2.05, 4.69) is 10.3 Å². The Morgan fingerprint density at radius 3 is 2.86 bits per heavy atom. The standard InChI is InChI=1S/C14H17N3O4/c1-9(2)15-8-13-16-7-12(21-13)10-5-4-6-11(17(18)19)14(10)20-3/h4-7,9,15H,8H2,1-3H3. The highest BCUT2D eigenvalue weighted by Gasteiger charge is 2.21. The molecule has 0 aliphatic carbocycles. The Kier molecular flexibility index (Phi) is 4.54. The van der Waals surface area contributed by atoms with Crippen molar-refractivity contribution in [3.8, 4) is 17.1 Å². The van der Waals surface area contributed by atoms with E-state index in [1.54, 1.807) is 18.3 Å². The Morgan fingerprint density at radius 2 is 2.24 bits per heavy atom. The lowest BCUT2D eigenvalue weighted by Gasteiger charge is -2.06. The van der Waals surface area contributed by atoms with Crippen molar-refractivity contribution in [1.29, 1.82) is 0 Å². The van der Waals surface area contributed by atoms with Crippen LogP contribution in [0.1, 0.15) is 19.7 Å². The highest BCUT2D eigenvalue weighted by Crippen LogP contribution is 2.37. The quantitative estimate of drug-likeness (QED) is 0.650. The van der Waals surface area contributed by atoms with Crippen molar-refractivity contribution in [1.82, 2.24) is 10.3 Å². The van der Waals surface area contributed by atoms with E-state index in [9.17, 15) is 10.1 Å². The molecular weight excluding hydrogens is 274 g/mol. The van der Waals surface area contributed by atoms with Crippen molar-refractivity contribution in [3.05, 3.63) is 40.4 Å². The minimum atomic E-state index is -0.486. The van der Waals surface area contributed by atoms with Crippen LogP contribution in [0.3, 0.4) is 0 Å². The van der Waals surface area contributed by atoms with Gasteiger partial charge >= 0.3 is 5.69 Å². The first kappa shape index (κ1) is 15.0. The zero-order valence-electron chi connectivity index (χ0n) is 12.1. The Morgan fingerprint density at radius 1 is 1.48 bits per heavy atom. The lowest BCUT2D eigenvalue weighted by atomic mass is 10.1. The molecule has 112 valence electrons. The normalized spacial score (nSPS) is 10.9. The van der Waals surface area contributed by atoms with Crippen molar-refractivity contribution >= 4 is 5.69 Å². The number of hydrogen-bond donors (Lipinski definition) is 1. The van der Waals surface area contributed by atoms with Gasteiger partial charge in [0.2, 0.25) is 11.6 Å². The van der Waals surface area contributed by atoms with E-state index in [4.69, 9.17) is 9.15 Å². The zero-order chi connectivity index (χ0) is 15.4. The van der Waals surface area contributed by atoms with E-state index in [0.717, 1.165) is 0 Å². The highest BCUT2D eigenvalue weighted by molar-refractivity contribution is 5.71. The van der Waals surface area contributed by atoms with Crippen LogP contribution in [0.5, 0.6) is 5.75 Å². The number of methoxy groups -OCH3 is 1. The first-order valence-corrected chi connectivity index (χ1v) is 6.52. The fraction of sp³-hybridized carbons (Fsp3) is 0.357. The van der Waals surface area contributed by atoms with Crippen LogP contribution in [0.2, 0.25) is 0 Å². The van der Waals surface area contributed by atoms with E-state index in [1.165, 1.54) is 13.2 Å². The molecule has 0 bridgehead atoms. The number of benzene rings is 1. The molecule has 1 heterocycles. The Labute approximate surface area is 122 Å². The zero-order valence-corrected chi connectivity index (χ0v) is 12.1. The van der Waals surface area contributed by atoms with Crippen molar-refractivity contribution in [2.75, 3.05) is 7.11 Å². The number of aromatic nitrogens is 1. The van der Waals surface area contributed by atoms with Crippen molar-refractivity contribution in [2.45, 2.75) is 26.4 Å². The first-order chi connectivity index (χ1) is 10.0. The molecule has 1 N–H and O–H groups in total. The molecule has 0 saturated heterocycles. The Balaban J connectivity index is 2.34. The molecule has 1 aromatic heterocycles. The summed E-state index contributed by atoms with van der Waals surface area (Å²) in [5, 5.41) is 14.2. The molecule has 2 rings (SSSR count). The number of nitro benzene ring substituents is 1. The number of para-hydroxylation sites is 1. The summed E-state index contributed by atoms with van der Waals surface area (Å²) >= 11 is 0. The summed E-state index contributed by atoms with van der Waals surface area (Å²) in [5.74, 6) is 1.13. The van der Waals surface area contributed by atoms with Crippen LogP contribution in [0.4, 0.5) is 5.69 Å². The van der Waals surface area contributed by atoms with Gasteiger partial charge in [-0.1, -0.05) is 19.9 Å². The van der Waals surface area contributed by atoms with Gasteiger partial charge in [0.15, 0.2) is 5.76 Å². The van der Waals surface area contributed by atoms with Crippen LogP contribution < -0.4 is 10.1 Å². The predicted octanol–water partition coefficient (Wildman–Crippen LogP) is 2.76. The fourth-order valence-corrected chi connectivity index (χ4v) is 1.89. The van der Waals surface area contributed by atoms with E-state index >= 15 is 0 Å². The Bertz CT molecular complexity index is 637. The number of nitrogens with one attached hydrogen (secondary N) is 1. The van der Waals surface area contributed by atoms with Gasteiger partial charge in [-0.05, 0) is 6.07 Å². The number of rotatable bonds is 6. The van der Waals surface area contributed by atoms with Gasteiger partial charge in [0.25, 0.3) is 0 Å².